The third kappa shape index (κ3) is 3.28. The predicted octanol–water partition coefficient (Wildman–Crippen LogP) is 3.47. The lowest BCUT2D eigenvalue weighted by molar-refractivity contribution is -0.102. The van der Waals surface area contributed by atoms with E-state index in [9.17, 15) is 4.79 Å². The molecule has 2 unspecified atom stereocenters. The molecule has 1 heterocycles. The van der Waals surface area contributed by atoms with E-state index in [-0.39, 0.29) is 12.1 Å². The lowest BCUT2D eigenvalue weighted by Crippen LogP contribution is -2.71. The van der Waals surface area contributed by atoms with E-state index in [1.165, 1.54) is 0 Å². The number of rotatable bonds is 7. The minimum Gasteiger partial charge on any atom is -0.456 e. The topological polar surface area (TPSA) is 54.0 Å². The Hall–Kier alpha value is -1.21. The maximum absolute atomic E-state index is 12.6. The zero-order valence-electron chi connectivity index (χ0n) is 15.0. The van der Waals surface area contributed by atoms with Crippen LogP contribution in [0, 0.1) is 0 Å². The number of hydrogen-bond donors (Lipinski definition) is 0. The fourth-order valence-electron chi connectivity index (χ4n) is 3.88. The normalized spacial score (nSPS) is 26.1. The molecule has 1 fully saturated rings. The van der Waals surface area contributed by atoms with Gasteiger partial charge in [-0.25, -0.2) is 4.79 Å². The molecule has 2 rings (SSSR count). The average molecular weight is 353 g/mol. The van der Waals surface area contributed by atoms with E-state index < -0.39 is 13.8 Å². The number of carbonyl (C=O) groups excluding carboxylic acids is 1. The van der Waals surface area contributed by atoms with Gasteiger partial charge in [-0.2, -0.15) is 0 Å². The highest BCUT2D eigenvalue weighted by molar-refractivity contribution is 6.71. The molecule has 1 aliphatic rings. The first-order chi connectivity index (χ1) is 11.6. The predicted molar refractivity (Wildman–Crippen MR) is 94.1 cm³/mol. The van der Waals surface area contributed by atoms with Crippen molar-refractivity contribution in [2.45, 2.75) is 50.0 Å². The number of hydrogen-bond acceptors (Lipinski definition) is 5. The second kappa shape index (κ2) is 8.25. The largest absolute Gasteiger partial charge is 0.456 e. The molecule has 0 saturated carbocycles. The second-order valence-corrected chi connectivity index (χ2v) is 9.83. The lowest BCUT2D eigenvalue weighted by Gasteiger charge is -2.51. The van der Waals surface area contributed by atoms with E-state index in [0.717, 1.165) is 31.7 Å². The molecule has 0 bridgehead atoms. The first-order valence-electron chi connectivity index (χ1n) is 8.50. The monoisotopic (exact) mass is 352 g/mol. The Morgan fingerprint density at radius 1 is 1.21 bits per heavy atom. The van der Waals surface area contributed by atoms with Gasteiger partial charge in [-0.1, -0.05) is 31.5 Å². The van der Waals surface area contributed by atoms with Gasteiger partial charge in [-0.3, -0.25) is 0 Å². The number of methoxy groups -OCH3 is 1. The van der Waals surface area contributed by atoms with E-state index in [2.05, 4.69) is 6.92 Å². The van der Waals surface area contributed by atoms with Crippen LogP contribution in [0.15, 0.2) is 30.3 Å². The van der Waals surface area contributed by atoms with E-state index in [4.69, 9.17) is 18.3 Å². The molecule has 0 aliphatic carbocycles. The van der Waals surface area contributed by atoms with Crippen LogP contribution in [0.4, 0.5) is 0 Å². The summed E-state index contributed by atoms with van der Waals surface area (Å²) in [5.41, 5.74) is 0.548. The van der Waals surface area contributed by atoms with Crippen LogP contribution in [0.25, 0.3) is 0 Å². The Morgan fingerprint density at radius 2 is 1.88 bits per heavy atom. The fraction of sp³-hybridized carbons (Fsp3) is 0.611. The van der Waals surface area contributed by atoms with E-state index in [0.29, 0.717) is 5.56 Å². The molecule has 1 aromatic rings. The number of carbonyl (C=O) groups is 1. The maximum atomic E-state index is 12.6. The van der Waals surface area contributed by atoms with E-state index in [1.54, 1.807) is 33.5 Å². The first kappa shape index (κ1) is 19.1. The van der Waals surface area contributed by atoms with Crippen LogP contribution in [0.2, 0.25) is 6.04 Å². The third-order valence-electron chi connectivity index (χ3n) is 5.04. The van der Waals surface area contributed by atoms with Gasteiger partial charge in [0.15, 0.2) is 0 Å². The molecule has 0 radical (unpaired) electrons. The van der Waals surface area contributed by atoms with Crippen molar-refractivity contribution in [3.05, 3.63) is 35.9 Å². The van der Waals surface area contributed by atoms with Crippen LogP contribution in [-0.4, -0.2) is 47.2 Å². The molecule has 5 nitrogen and oxygen atoms in total. The fourth-order valence-corrected chi connectivity index (χ4v) is 7.88. The van der Waals surface area contributed by atoms with Gasteiger partial charge in [0, 0.05) is 21.3 Å². The number of esters is 1. The van der Waals surface area contributed by atoms with Gasteiger partial charge in [0.25, 0.3) is 0 Å². The van der Waals surface area contributed by atoms with Crippen LogP contribution in [0.1, 0.15) is 43.0 Å². The summed E-state index contributed by atoms with van der Waals surface area (Å²) in [6.45, 7) is 2.09. The summed E-state index contributed by atoms with van der Waals surface area (Å²) >= 11 is 0. The zero-order chi connectivity index (χ0) is 17.6. The Kier molecular flexibility index (Phi) is 6.57. The zero-order valence-corrected chi connectivity index (χ0v) is 16.0. The smallest absolute Gasteiger partial charge is 0.374 e. The summed E-state index contributed by atoms with van der Waals surface area (Å²) in [4.78, 5) is 12.6. The summed E-state index contributed by atoms with van der Waals surface area (Å²) in [5, 5.41) is -0.687. The van der Waals surface area contributed by atoms with Crippen LogP contribution in [0.3, 0.4) is 0 Å². The summed E-state index contributed by atoms with van der Waals surface area (Å²) < 4.78 is 23.7. The van der Waals surface area contributed by atoms with Gasteiger partial charge >= 0.3 is 14.5 Å². The van der Waals surface area contributed by atoms with E-state index >= 15 is 0 Å². The molecule has 0 spiro atoms. The molecule has 0 aromatic heterocycles. The third-order valence-corrected chi connectivity index (χ3v) is 9.44. The maximum Gasteiger partial charge on any atom is 0.374 e. The summed E-state index contributed by atoms with van der Waals surface area (Å²) in [6, 6.07) is 9.90. The van der Waals surface area contributed by atoms with Crippen molar-refractivity contribution in [1.29, 1.82) is 0 Å². The second-order valence-electron chi connectivity index (χ2n) is 6.16. The number of ether oxygens (including phenoxy) is 2. The van der Waals surface area contributed by atoms with Crippen LogP contribution in [-0.2, 0) is 18.3 Å². The van der Waals surface area contributed by atoms with Crippen molar-refractivity contribution in [1.82, 2.24) is 0 Å². The van der Waals surface area contributed by atoms with Crippen molar-refractivity contribution in [2.75, 3.05) is 21.3 Å². The Morgan fingerprint density at radius 3 is 2.42 bits per heavy atom. The minimum atomic E-state index is -2.66. The molecule has 134 valence electrons. The SMILES string of the molecule is CCCC1(OC)C(OC(=O)c2ccccc2)CCC[Si]1(OC)OC. The Labute approximate surface area is 145 Å². The quantitative estimate of drug-likeness (QED) is 0.555. The molecule has 2 atom stereocenters. The Bertz CT molecular complexity index is 531. The van der Waals surface area contributed by atoms with Crippen molar-refractivity contribution >= 4 is 14.5 Å². The van der Waals surface area contributed by atoms with Crippen LogP contribution in [0.5, 0.6) is 0 Å². The molecule has 1 aromatic carbocycles. The van der Waals surface area contributed by atoms with Crippen molar-refractivity contribution in [3.8, 4) is 0 Å². The summed E-state index contributed by atoms with van der Waals surface area (Å²) in [7, 11) is 2.37. The summed E-state index contributed by atoms with van der Waals surface area (Å²) in [6.07, 6.45) is 2.93. The van der Waals surface area contributed by atoms with Gasteiger partial charge in [0.2, 0.25) is 0 Å². The highest BCUT2D eigenvalue weighted by atomic mass is 28.4. The standard InChI is InChI=1S/C18H28O5Si/c1-5-13-18(20-2)16(12-9-14-24(18,21-3)22-4)23-17(19)15-10-7-6-8-11-15/h6-8,10-11,16H,5,9,12-14H2,1-4H3. The minimum absolute atomic E-state index is 0.324. The molecule has 24 heavy (non-hydrogen) atoms. The molecular formula is C18H28O5Si. The van der Waals surface area contributed by atoms with Crippen molar-refractivity contribution in [2.24, 2.45) is 0 Å². The molecule has 1 saturated heterocycles. The number of benzene rings is 1. The van der Waals surface area contributed by atoms with Gasteiger partial charge < -0.3 is 18.3 Å². The highest BCUT2D eigenvalue weighted by Gasteiger charge is 2.64. The van der Waals surface area contributed by atoms with Crippen LogP contribution >= 0.6 is 0 Å². The summed E-state index contributed by atoms with van der Waals surface area (Å²) in [5.74, 6) is -0.324. The van der Waals surface area contributed by atoms with Gasteiger partial charge in [-0.15, -0.1) is 0 Å². The Balaban J connectivity index is 2.33. The lowest BCUT2D eigenvalue weighted by atomic mass is 10.0. The van der Waals surface area contributed by atoms with Gasteiger partial charge in [-0.05, 0) is 37.4 Å². The van der Waals surface area contributed by atoms with Crippen molar-refractivity contribution in [3.63, 3.8) is 0 Å². The van der Waals surface area contributed by atoms with Crippen LogP contribution < -0.4 is 0 Å². The van der Waals surface area contributed by atoms with Gasteiger partial charge in [0.05, 0.1) is 5.56 Å². The molecule has 6 heteroatoms. The average Bonchev–Trinajstić information content (AvgIpc) is 2.63. The molecule has 0 amide bonds. The van der Waals surface area contributed by atoms with Crippen molar-refractivity contribution < 1.29 is 23.1 Å². The molecule has 1 aliphatic heterocycles. The van der Waals surface area contributed by atoms with E-state index in [1.807, 2.05) is 18.2 Å². The molecule has 0 N–H and O–H groups in total. The first-order valence-corrected chi connectivity index (χ1v) is 10.5. The molecular weight excluding hydrogens is 324 g/mol. The van der Waals surface area contributed by atoms with Gasteiger partial charge in [0.1, 0.15) is 11.3 Å². The highest BCUT2D eigenvalue weighted by Crippen LogP contribution is 2.44.